The second-order valence-electron chi connectivity index (χ2n) is 6.27. The van der Waals surface area contributed by atoms with Crippen LogP contribution in [0, 0.1) is 0 Å². The fraction of sp³-hybridized carbons (Fsp3) is 0.143. The predicted molar refractivity (Wildman–Crippen MR) is 97.5 cm³/mol. The minimum absolute atomic E-state index is 0.0181. The summed E-state index contributed by atoms with van der Waals surface area (Å²) in [6, 6.07) is 15.8. The Morgan fingerprint density at radius 3 is 2.81 bits per heavy atom. The van der Waals surface area contributed by atoms with Gasteiger partial charge in [-0.05, 0) is 47.0 Å². The van der Waals surface area contributed by atoms with Crippen molar-refractivity contribution in [2.45, 2.75) is 13.2 Å². The van der Waals surface area contributed by atoms with Crippen LogP contribution in [0.5, 0.6) is 11.5 Å². The van der Waals surface area contributed by atoms with E-state index in [1.807, 2.05) is 54.7 Å². The largest absolute Gasteiger partial charge is 0.454 e. The third-order valence-corrected chi connectivity index (χ3v) is 4.72. The molecular formula is C21H16N2O3. The molecule has 3 heterocycles. The van der Waals surface area contributed by atoms with Gasteiger partial charge in [0.15, 0.2) is 11.5 Å². The van der Waals surface area contributed by atoms with Crippen LogP contribution in [0.1, 0.15) is 22.4 Å². The number of benzene rings is 2. The van der Waals surface area contributed by atoms with E-state index in [-0.39, 0.29) is 13.4 Å². The average molecular weight is 344 g/mol. The normalized spacial score (nSPS) is 14.3. The lowest BCUT2D eigenvalue weighted by molar-refractivity contribution is 0.174. The van der Waals surface area contributed by atoms with E-state index in [2.05, 4.69) is 4.98 Å². The number of ether oxygens (including phenoxy) is 2. The molecule has 3 aromatic rings. The van der Waals surface area contributed by atoms with Crippen molar-refractivity contribution in [1.82, 2.24) is 4.98 Å². The highest BCUT2D eigenvalue weighted by molar-refractivity contribution is 6.18. The topological polar surface area (TPSA) is 63.9 Å². The highest BCUT2D eigenvalue weighted by atomic mass is 16.7. The highest BCUT2D eigenvalue weighted by Crippen LogP contribution is 2.36. The molecule has 0 saturated carbocycles. The monoisotopic (exact) mass is 344 g/mol. The molecule has 5 rings (SSSR count). The predicted octanol–water partition coefficient (Wildman–Crippen LogP) is 3.32. The van der Waals surface area contributed by atoms with Gasteiger partial charge in [0.05, 0.1) is 24.6 Å². The van der Waals surface area contributed by atoms with E-state index in [1.54, 1.807) is 0 Å². The Kier molecular flexibility index (Phi) is 3.47. The van der Waals surface area contributed by atoms with Gasteiger partial charge in [0, 0.05) is 17.3 Å². The first-order valence-electron chi connectivity index (χ1n) is 8.46. The van der Waals surface area contributed by atoms with E-state index in [4.69, 9.17) is 14.5 Å². The zero-order valence-electron chi connectivity index (χ0n) is 14.0. The molecule has 0 fully saturated rings. The zero-order chi connectivity index (χ0) is 17.5. The molecule has 0 spiro atoms. The number of aliphatic hydroxyl groups is 1. The quantitative estimate of drug-likeness (QED) is 0.792. The summed E-state index contributed by atoms with van der Waals surface area (Å²) in [5.41, 5.74) is 6.90. The molecule has 0 amide bonds. The second-order valence-corrected chi connectivity index (χ2v) is 6.27. The number of aromatic nitrogens is 1. The molecular weight excluding hydrogens is 328 g/mol. The van der Waals surface area contributed by atoms with Crippen LogP contribution >= 0.6 is 0 Å². The molecule has 0 atom stereocenters. The van der Waals surface area contributed by atoms with Gasteiger partial charge >= 0.3 is 0 Å². The highest BCUT2D eigenvalue weighted by Gasteiger charge is 2.24. The van der Waals surface area contributed by atoms with Gasteiger partial charge in [0.25, 0.3) is 0 Å². The lowest BCUT2D eigenvalue weighted by atomic mass is 9.93. The van der Waals surface area contributed by atoms with Crippen molar-refractivity contribution < 1.29 is 14.6 Å². The molecule has 0 bridgehead atoms. The second kappa shape index (κ2) is 5.97. The summed E-state index contributed by atoms with van der Waals surface area (Å²) in [6.07, 6.45) is 1.82. The molecule has 0 unspecified atom stereocenters. The van der Waals surface area contributed by atoms with Crippen molar-refractivity contribution in [3.63, 3.8) is 0 Å². The molecule has 128 valence electrons. The first-order valence-corrected chi connectivity index (χ1v) is 8.46. The van der Waals surface area contributed by atoms with Crippen LogP contribution in [0.2, 0.25) is 0 Å². The van der Waals surface area contributed by atoms with Gasteiger partial charge in [-0.2, -0.15) is 0 Å². The third-order valence-electron chi connectivity index (χ3n) is 4.72. The molecule has 5 heteroatoms. The fourth-order valence-corrected chi connectivity index (χ4v) is 3.48. The Labute approximate surface area is 150 Å². The molecule has 0 saturated heterocycles. The number of fused-ring (bicyclic) bond motifs is 2. The van der Waals surface area contributed by atoms with Gasteiger partial charge in [-0.15, -0.1) is 0 Å². The number of hydrogen-bond acceptors (Lipinski definition) is 5. The molecule has 0 aliphatic carbocycles. The summed E-state index contributed by atoms with van der Waals surface area (Å²) in [5, 5.41) is 9.46. The maximum Gasteiger partial charge on any atom is 0.231 e. The molecule has 1 N–H and O–H groups in total. The van der Waals surface area contributed by atoms with Crippen LogP contribution in [0.4, 0.5) is 0 Å². The molecule has 5 nitrogen and oxygen atoms in total. The first-order chi connectivity index (χ1) is 12.8. The van der Waals surface area contributed by atoms with E-state index < -0.39 is 0 Å². The smallest absolute Gasteiger partial charge is 0.231 e. The fourth-order valence-electron chi connectivity index (χ4n) is 3.48. The number of rotatable bonds is 3. The average Bonchev–Trinajstić information content (AvgIpc) is 3.34. The molecule has 0 radical (unpaired) electrons. The summed E-state index contributed by atoms with van der Waals surface area (Å²) in [4.78, 5) is 9.25. The Hall–Kier alpha value is -3.18. The number of aliphatic imine (C=N–C) groups is 1. The van der Waals surface area contributed by atoms with E-state index in [0.717, 1.165) is 50.7 Å². The summed E-state index contributed by atoms with van der Waals surface area (Å²) in [7, 11) is 0. The van der Waals surface area contributed by atoms with Crippen LogP contribution in [0.15, 0.2) is 59.7 Å². The maximum absolute atomic E-state index is 9.46. The number of aliphatic hydroxyl groups excluding tert-OH is 1. The number of nitrogens with zero attached hydrogens (tertiary/aromatic N) is 2. The number of pyridine rings is 1. The SMILES string of the molecule is OCc1cccc(-c2ccnc3c2C(c2ccc4c(c2)OCO4)=NC3)c1. The van der Waals surface area contributed by atoms with Gasteiger partial charge in [-0.25, -0.2) is 0 Å². The Morgan fingerprint density at radius 1 is 0.962 bits per heavy atom. The third kappa shape index (κ3) is 2.36. The van der Waals surface area contributed by atoms with E-state index >= 15 is 0 Å². The zero-order valence-corrected chi connectivity index (χ0v) is 14.0. The van der Waals surface area contributed by atoms with Gasteiger partial charge < -0.3 is 14.6 Å². The van der Waals surface area contributed by atoms with E-state index in [1.165, 1.54) is 0 Å². The number of hydrogen-bond donors (Lipinski definition) is 1. The van der Waals surface area contributed by atoms with Crippen molar-refractivity contribution in [3.05, 3.63) is 77.1 Å². The minimum atomic E-state index is 0.0181. The molecule has 1 aromatic heterocycles. The van der Waals surface area contributed by atoms with Crippen LogP contribution in [-0.4, -0.2) is 22.6 Å². The van der Waals surface area contributed by atoms with Crippen LogP contribution < -0.4 is 9.47 Å². The van der Waals surface area contributed by atoms with Crippen molar-refractivity contribution in [2.24, 2.45) is 4.99 Å². The van der Waals surface area contributed by atoms with Crippen LogP contribution in [0.3, 0.4) is 0 Å². The Balaban J connectivity index is 1.64. The lowest BCUT2D eigenvalue weighted by Crippen LogP contribution is -2.04. The molecule has 2 aromatic carbocycles. The summed E-state index contributed by atoms with van der Waals surface area (Å²) < 4.78 is 10.9. The summed E-state index contributed by atoms with van der Waals surface area (Å²) in [5.74, 6) is 1.50. The van der Waals surface area contributed by atoms with Gasteiger partial charge in [0.2, 0.25) is 6.79 Å². The summed E-state index contributed by atoms with van der Waals surface area (Å²) >= 11 is 0. The lowest BCUT2D eigenvalue weighted by Gasteiger charge is -2.12. The van der Waals surface area contributed by atoms with Crippen LogP contribution in [0.25, 0.3) is 11.1 Å². The minimum Gasteiger partial charge on any atom is -0.454 e. The van der Waals surface area contributed by atoms with Gasteiger partial charge in [-0.3, -0.25) is 9.98 Å². The molecule has 2 aliphatic rings. The first kappa shape index (κ1) is 15.1. The summed E-state index contributed by atoms with van der Waals surface area (Å²) in [6.45, 7) is 0.833. The molecule has 2 aliphatic heterocycles. The van der Waals surface area contributed by atoms with Crippen molar-refractivity contribution in [2.75, 3.05) is 6.79 Å². The van der Waals surface area contributed by atoms with Crippen molar-refractivity contribution in [1.29, 1.82) is 0 Å². The van der Waals surface area contributed by atoms with E-state index in [9.17, 15) is 5.11 Å². The van der Waals surface area contributed by atoms with Crippen LogP contribution in [-0.2, 0) is 13.2 Å². The van der Waals surface area contributed by atoms with Crippen molar-refractivity contribution >= 4 is 5.71 Å². The van der Waals surface area contributed by atoms with E-state index in [0.29, 0.717) is 6.54 Å². The maximum atomic E-state index is 9.46. The molecule has 26 heavy (non-hydrogen) atoms. The van der Waals surface area contributed by atoms with Gasteiger partial charge in [0.1, 0.15) is 0 Å². The van der Waals surface area contributed by atoms with Gasteiger partial charge in [-0.1, -0.05) is 18.2 Å². The Bertz CT molecular complexity index is 1040. The van der Waals surface area contributed by atoms with Crippen molar-refractivity contribution in [3.8, 4) is 22.6 Å². The standard InChI is InChI=1S/C21H16N2O3/c24-11-13-2-1-3-14(8-13)16-6-7-22-17-10-23-21(20(16)17)15-4-5-18-19(9-15)26-12-25-18/h1-9,24H,10-12H2. The Morgan fingerprint density at radius 2 is 1.88 bits per heavy atom.